The van der Waals surface area contributed by atoms with Gasteiger partial charge in [-0.05, 0) is 45.1 Å². The molecule has 0 aromatic rings. The van der Waals surface area contributed by atoms with E-state index in [4.69, 9.17) is 11.1 Å². The number of nitrogens with two attached hydrogens (primary N) is 1. The van der Waals surface area contributed by atoms with E-state index in [1.165, 1.54) is 18.4 Å². The lowest BCUT2D eigenvalue weighted by atomic mass is 9.57. The number of nitrogens with one attached hydrogen (secondary N) is 2. The van der Waals surface area contributed by atoms with Gasteiger partial charge >= 0.3 is 0 Å². The molecule has 0 amide bonds. The molecule has 1 aliphatic heterocycles. The molecule has 2 fully saturated rings. The van der Waals surface area contributed by atoms with Crippen LogP contribution in [-0.4, -0.2) is 18.8 Å². The van der Waals surface area contributed by atoms with Crippen molar-refractivity contribution in [2.45, 2.75) is 33.6 Å². The molecule has 4 N–H and O–H groups in total. The fourth-order valence-corrected chi connectivity index (χ4v) is 2.66. The van der Waals surface area contributed by atoms with Crippen molar-refractivity contribution in [2.24, 2.45) is 17.1 Å². The van der Waals surface area contributed by atoms with E-state index in [0.717, 1.165) is 24.5 Å². The van der Waals surface area contributed by atoms with Gasteiger partial charge in [-0.3, -0.25) is 0 Å². The van der Waals surface area contributed by atoms with Crippen LogP contribution in [0.4, 0.5) is 0 Å². The lowest BCUT2D eigenvalue weighted by molar-refractivity contribution is 0.0309. The van der Waals surface area contributed by atoms with Gasteiger partial charge in [-0.15, -0.1) is 0 Å². The van der Waals surface area contributed by atoms with Crippen molar-refractivity contribution >= 4 is 5.71 Å². The lowest BCUT2D eigenvalue weighted by Crippen LogP contribution is -2.61. The first-order valence-corrected chi connectivity index (χ1v) is 7.54. The van der Waals surface area contributed by atoms with Crippen molar-refractivity contribution in [1.29, 1.82) is 5.41 Å². The molecule has 1 saturated heterocycles. The maximum absolute atomic E-state index is 7.78. The van der Waals surface area contributed by atoms with Crippen LogP contribution in [0.5, 0.6) is 0 Å². The summed E-state index contributed by atoms with van der Waals surface area (Å²) < 4.78 is 0. The summed E-state index contributed by atoms with van der Waals surface area (Å²) in [6.45, 7) is 11.8. The van der Waals surface area contributed by atoms with Crippen LogP contribution < -0.4 is 11.1 Å². The molecule has 0 atom stereocenters. The SMILES string of the molecule is C/C(N)=C/C(=N)C1CC2(CNC2)C1.C=C/C=C\C=C(C)C. The largest absolute Gasteiger partial charge is 0.402 e. The van der Waals surface area contributed by atoms with Gasteiger partial charge in [0.2, 0.25) is 0 Å². The van der Waals surface area contributed by atoms with Gasteiger partial charge in [-0.25, -0.2) is 0 Å². The van der Waals surface area contributed by atoms with Crippen LogP contribution in [0.15, 0.2) is 48.2 Å². The van der Waals surface area contributed by atoms with E-state index < -0.39 is 0 Å². The summed E-state index contributed by atoms with van der Waals surface area (Å²) in [4.78, 5) is 0. The van der Waals surface area contributed by atoms with Crippen LogP contribution in [0, 0.1) is 16.7 Å². The molecule has 21 heavy (non-hydrogen) atoms. The van der Waals surface area contributed by atoms with E-state index in [-0.39, 0.29) is 0 Å². The molecule has 3 nitrogen and oxygen atoms in total. The van der Waals surface area contributed by atoms with Crippen molar-refractivity contribution < 1.29 is 0 Å². The quantitative estimate of drug-likeness (QED) is 0.547. The summed E-state index contributed by atoms with van der Waals surface area (Å²) in [6.07, 6.45) is 11.9. The molecule has 1 heterocycles. The van der Waals surface area contributed by atoms with Crippen molar-refractivity contribution in [3.05, 3.63) is 48.2 Å². The first-order chi connectivity index (χ1) is 9.88. The maximum atomic E-state index is 7.78. The van der Waals surface area contributed by atoms with Crippen molar-refractivity contribution in [3.8, 4) is 0 Å². The second-order valence-electron chi connectivity index (χ2n) is 6.42. The minimum atomic E-state index is 0.473. The molecular weight excluding hydrogens is 258 g/mol. The minimum absolute atomic E-state index is 0.473. The van der Waals surface area contributed by atoms with Crippen LogP contribution in [-0.2, 0) is 0 Å². The normalized spacial score (nSPS) is 20.0. The van der Waals surface area contributed by atoms with Crippen LogP contribution in [0.1, 0.15) is 33.6 Å². The molecular formula is C18H29N3. The molecule has 116 valence electrons. The van der Waals surface area contributed by atoms with E-state index >= 15 is 0 Å². The molecule has 0 unspecified atom stereocenters. The van der Waals surface area contributed by atoms with Gasteiger partial charge in [0.1, 0.15) is 0 Å². The zero-order valence-electron chi connectivity index (χ0n) is 13.6. The maximum Gasteiger partial charge on any atom is 0.0362 e. The molecule has 0 aromatic carbocycles. The Morgan fingerprint density at radius 3 is 2.24 bits per heavy atom. The van der Waals surface area contributed by atoms with Gasteiger partial charge in [0.05, 0.1) is 0 Å². The Morgan fingerprint density at radius 1 is 1.24 bits per heavy atom. The molecule has 0 aromatic heterocycles. The third-order valence-corrected chi connectivity index (χ3v) is 3.86. The fourth-order valence-electron chi connectivity index (χ4n) is 2.66. The molecule has 2 aliphatic rings. The van der Waals surface area contributed by atoms with Crippen LogP contribution in [0.3, 0.4) is 0 Å². The van der Waals surface area contributed by atoms with Gasteiger partial charge in [-0.2, -0.15) is 0 Å². The lowest BCUT2D eigenvalue weighted by Gasteiger charge is -2.54. The first kappa shape index (κ1) is 17.4. The van der Waals surface area contributed by atoms with Gasteiger partial charge in [0.25, 0.3) is 0 Å². The monoisotopic (exact) mass is 287 g/mol. The Balaban J connectivity index is 0.000000240. The standard InChI is InChI=1S/C10H17N3.C8H12/c1-7(11)2-9(12)8-3-10(4-8)5-13-6-10;1-4-5-6-7-8(2)3/h2,8,12-13H,3-6,11H2,1H3;4-7H,1H2,2-3H3/b7-2-,12-9?;6-5-. The number of hydrogen-bond acceptors (Lipinski definition) is 3. The fraction of sp³-hybridized carbons (Fsp3) is 0.500. The molecule has 2 rings (SSSR count). The smallest absolute Gasteiger partial charge is 0.0362 e. The number of allylic oxidation sites excluding steroid dienone is 7. The van der Waals surface area contributed by atoms with Crippen LogP contribution >= 0.6 is 0 Å². The van der Waals surface area contributed by atoms with E-state index in [0.29, 0.717) is 11.3 Å². The topological polar surface area (TPSA) is 61.9 Å². The van der Waals surface area contributed by atoms with Crippen molar-refractivity contribution in [3.63, 3.8) is 0 Å². The van der Waals surface area contributed by atoms with E-state index in [2.05, 4.69) is 25.7 Å². The Morgan fingerprint density at radius 2 is 1.86 bits per heavy atom. The van der Waals surface area contributed by atoms with E-state index in [1.807, 2.05) is 25.2 Å². The second-order valence-corrected chi connectivity index (χ2v) is 6.42. The molecule has 3 heteroatoms. The summed E-state index contributed by atoms with van der Waals surface area (Å²) in [5.74, 6) is 0.473. The third kappa shape index (κ3) is 5.72. The van der Waals surface area contributed by atoms with Gasteiger partial charge in [-0.1, -0.05) is 36.5 Å². The van der Waals surface area contributed by atoms with E-state index in [9.17, 15) is 0 Å². The summed E-state index contributed by atoms with van der Waals surface area (Å²) in [5.41, 5.74) is 8.87. The Kier molecular flexibility index (Phi) is 6.63. The number of rotatable bonds is 4. The highest BCUT2D eigenvalue weighted by atomic mass is 15.0. The second kappa shape index (κ2) is 7.99. The molecule has 1 spiro atoms. The highest BCUT2D eigenvalue weighted by molar-refractivity contribution is 5.95. The third-order valence-electron chi connectivity index (χ3n) is 3.86. The highest BCUT2D eigenvalue weighted by Crippen LogP contribution is 2.48. The van der Waals surface area contributed by atoms with Crippen LogP contribution in [0.25, 0.3) is 0 Å². The Hall–Kier alpha value is -1.61. The van der Waals surface area contributed by atoms with Crippen LogP contribution in [0.2, 0.25) is 0 Å². The molecule has 1 aliphatic carbocycles. The molecule has 0 bridgehead atoms. The summed E-state index contributed by atoms with van der Waals surface area (Å²) in [6, 6.07) is 0. The Bertz CT molecular complexity index is 449. The zero-order chi connectivity index (χ0) is 15.9. The summed E-state index contributed by atoms with van der Waals surface area (Å²) in [7, 11) is 0. The Labute approximate surface area is 129 Å². The van der Waals surface area contributed by atoms with Gasteiger partial charge in [0, 0.05) is 30.4 Å². The zero-order valence-corrected chi connectivity index (χ0v) is 13.6. The highest BCUT2D eigenvalue weighted by Gasteiger charge is 2.49. The number of hydrogen-bond donors (Lipinski definition) is 3. The van der Waals surface area contributed by atoms with Gasteiger partial charge < -0.3 is 16.5 Å². The van der Waals surface area contributed by atoms with Gasteiger partial charge in [0.15, 0.2) is 0 Å². The minimum Gasteiger partial charge on any atom is -0.402 e. The first-order valence-electron chi connectivity index (χ1n) is 7.54. The summed E-state index contributed by atoms with van der Waals surface area (Å²) in [5, 5.41) is 11.1. The predicted molar refractivity (Wildman–Crippen MR) is 92.5 cm³/mol. The van der Waals surface area contributed by atoms with Crippen molar-refractivity contribution in [1.82, 2.24) is 5.32 Å². The molecule has 1 saturated carbocycles. The molecule has 0 radical (unpaired) electrons. The predicted octanol–water partition coefficient (Wildman–Crippen LogP) is 3.56. The van der Waals surface area contributed by atoms with E-state index in [1.54, 1.807) is 12.2 Å². The average molecular weight is 287 g/mol. The van der Waals surface area contributed by atoms with Crippen molar-refractivity contribution in [2.75, 3.05) is 13.1 Å². The summed E-state index contributed by atoms with van der Waals surface area (Å²) >= 11 is 0. The average Bonchev–Trinajstić information content (AvgIpc) is 2.24.